The predicted octanol–water partition coefficient (Wildman–Crippen LogP) is 9.85. The minimum Gasteiger partial charge on any atom is -0.265 e. The van der Waals surface area contributed by atoms with Crippen LogP contribution in [0, 0.1) is 54.0 Å². The third-order valence-corrected chi connectivity index (χ3v) is 9.26. The van der Waals surface area contributed by atoms with Gasteiger partial charge in [-0.3, -0.25) is 4.98 Å². The molecule has 4 atom stereocenters. The molecule has 3 nitrogen and oxygen atoms in total. The molecule has 2 fully saturated rings. The summed E-state index contributed by atoms with van der Waals surface area (Å²) in [5.41, 5.74) is 0. The number of hydrogen-bond acceptors (Lipinski definition) is 3. The standard InChI is InChI=1S/C27H49N2.C5H5N.2ClH.Pd/c1-18(2)22-11-9-12-23(19(3)4)26(22)28-15-16-29(17-28)27-24(20(5)6)13-10-14-25(27)21(7)8;1-2-4-6-5-3-1;;;/h15-27H,9-14H2,1-8H3;1-5H;2*1H;/q-1;;;;+2/p-2. The van der Waals surface area contributed by atoms with Crippen LogP contribution in [0.3, 0.4) is 0 Å². The number of aromatic nitrogens is 1. The number of halogens is 2. The fourth-order valence-corrected chi connectivity index (χ4v) is 7.34. The van der Waals surface area contributed by atoms with Crippen LogP contribution in [0.25, 0.3) is 0 Å². The minimum absolute atomic E-state index is 0.106. The Morgan fingerprint density at radius 1 is 0.632 bits per heavy atom. The largest absolute Gasteiger partial charge is 0.265 e. The van der Waals surface area contributed by atoms with E-state index in [0.29, 0.717) is 12.1 Å². The van der Waals surface area contributed by atoms with Gasteiger partial charge in [0.2, 0.25) is 0 Å². The van der Waals surface area contributed by atoms with Crippen molar-refractivity contribution in [2.45, 2.75) is 106 Å². The summed E-state index contributed by atoms with van der Waals surface area (Å²) in [7, 11) is 9.63. The molecule has 0 saturated heterocycles. The molecule has 0 bridgehead atoms. The Balaban J connectivity index is 0.000000480. The van der Waals surface area contributed by atoms with Crippen molar-refractivity contribution in [3.8, 4) is 0 Å². The molecule has 1 aromatic heterocycles. The Morgan fingerprint density at radius 2 is 0.947 bits per heavy atom. The van der Waals surface area contributed by atoms with E-state index in [9.17, 15) is 0 Å². The summed E-state index contributed by atoms with van der Waals surface area (Å²) in [6.45, 7) is 22.1. The number of nitrogens with zero attached hydrogens (tertiary/aromatic N) is 3. The van der Waals surface area contributed by atoms with Crippen LogP contribution in [0.2, 0.25) is 0 Å². The second-order valence-electron chi connectivity index (χ2n) is 12.9. The van der Waals surface area contributed by atoms with E-state index >= 15 is 0 Å². The molecule has 3 aliphatic rings. The normalized spacial score (nSPS) is 29.5. The van der Waals surface area contributed by atoms with Gasteiger partial charge in [-0.1, -0.05) is 74.3 Å². The predicted molar refractivity (Wildman–Crippen MR) is 162 cm³/mol. The van der Waals surface area contributed by atoms with Gasteiger partial charge in [-0.25, -0.2) is 0 Å². The molecule has 4 unspecified atom stereocenters. The summed E-state index contributed by atoms with van der Waals surface area (Å²) in [6, 6.07) is 7.06. The van der Waals surface area contributed by atoms with E-state index in [4.69, 9.17) is 19.1 Å². The van der Waals surface area contributed by atoms with Gasteiger partial charge in [0, 0.05) is 24.5 Å². The van der Waals surface area contributed by atoms with Crippen LogP contribution < -0.4 is 0 Å². The molecule has 0 amide bonds. The molecular formula is C32H54Cl2N3Pd-. The van der Waals surface area contributed by atoms with Gasteiger partial charge in [-0.05, 0) is 97.6 Å². The fraction of sp³-hybridized carbons (Fsp3) is 0.750. The van der Waals surface area contributed by atoms with E-state index in [-0.39, 0.29) is 15.9 Å². The molecule has 222 valence electrons. The topological polar surface area (TPSA) is 19.4 Å². The summed E-state index contributed by atoms with van der Waals surface area (Å²) in [5, 5.41) is 0. The van der Waals surface area contributed by atoms with Crippen LogP contribution in [-0.2, 0) is 15.9 Å². The van der Waals surface area contributed by atoms with Gasteiger partial charge in [-0.2, -0.15) is 6.67 Å². The zero-order valence-electron chi connectivity index (χ0n) is 25.0. The Kier molecular flexibility index (Phi) is 15.7. The van der Waals surface area contributed by atoms with Crippen molar-refractivity contribution in [1.29, 1.82) is 0 Å². The molecule has 6 heteroatoms. The van der Waals surface area contributed by atoms with E-state index in [1.54, 1.807) is 12.4 Å². The molecule has 0 aromatic carbocycles. The summed E-state index contributed by atoms with van der Waals surface area (Å²) in [4.78, 5) is 9.09. The first-order chi connectivity index (χ1) is 18.1. The molecule has 1 aliphatic heterocycles. The minimum atomic E-state index is -0.106. The second kappa shape index (κ2) is 17.5. The second-order valence-corrected chi connectivity index (χ2v) is 15.2. The van der Waals surface area contributed by atoms with E-state index < -0.39 is 0 Å². The maximum absolute atomic E-state index is 4.81. The maximum Gasteiger partial charge on any atom is 0.0267 e. The molecule has 0 spiro atoms. The van der Waals surface area contributed by atoms with Crippen LogP contribution in [0.5, 0.6) is 0 Å². The third-order valence-electron chi connectivity index (χ3n) is 9.26. The SMILES string of the molecule is CC(C)C1CCCC(C(C)C)C1N1C=CN(C2C(C(C)C)CCCC2C(C)C)[CH-]1.[Cl][Pd][Cl].c1ccncc1. The van der Waals surface area contributed by atoms with Gasteiger partial charge < -0.3 is 9.80 Å². The molecule has 1 aromatic rings. The van der Waals surface area contributed by atoms with Crippen LogP contribution >= 0.6 is 19.1 Å². The van der Waals surface area contributed by atoms with Gasteiger partial charge in [0.25, 0.3) is 0 Å². The summed E-state index contributed by atoms with van der Waals surface area (Å²) < 4.78 is 0. The monoisotopic (exact) mass is 656 g/mol. The van der Waals surface area contributed by atoms with Crippen molar-refractivity contribution >= 4 is 19.1 Å². The van der Waals surface area contributed by atoms with E-state index in [1.165, 1.54) is 38.5 Å². The van der Waals surface area contributed by atoms with Crippen molar-refractivity contribution in [2.24, 2.45) is 47.3 Å². The van der Waals surface area contributed by atoms with Crippen molar-refractivity contribution in [2.75, 3.05) is 0 Å². The zero-order chi connectivity index (χ0) is 28.2. The van der Waals surface area contributed by atoms with Gasteiger partial charge in [0.15, 0.2) is 0 Å². The summed E-state index contributed by atoms with van der Waals surface area (Å²) in [6.07, 6.45) is 16.8. The van der Waals surface area contributed by atoms with Gasteiger partial charge in [0.1, 0.15) is 0 Å². The van der Waals surface area contributed by atoms with Gasteiger partial charge in [-0.15, -0.1) is 0 Å². The van der Waals surface area contributed by atoms with Crippen molar-refractivity contribution in [3.63, 3.8) is 0 Å². The van der Waals surface area contributed by atoms with Crippen molar-refractivity contribution in [1.82, 2.24) is 14.8 Å². The first-order valence-electron chi connectivity index (χ1n) is 14.9. The van der Waals surface area contributed by atoms with Crippen molar-refractivity contribution < 1.29 is 15.9 Å². The van der Waals surface area contributed by atoms with E-state index in [0.717, 1.165) is 47.3 Å². The summed E-state index contributed by atoms with van der Waals surface area (Å²) >= 11 is -0.106. The average Bonchev–Trinajstić information content (AvgIpc) is 3.39. The zero-order valence-corrected chi connectivity index (χ0v) is 28.1. The maximum atomic E-state index is 4.81. The first kappa shape index (κ1) is 33.9. The Morgan fingerprint density at radius 3 is 1.16 bits per heavy atom. The smallest absolute Gasteiger partial charge is 0.0267 e. The van der Waals surface area contributed by atoms with Crippen molar-refractivity contribution in [3.05, 3.63) is 49.7 Å². The number of hydrogen-bond donors (Lipinski definition) is 0. The molecule has 2 heterocycles. The Bertz CT molecular complexity index is 669. The first-order valence-corrected chi connectivity index (χ1v) is 18.9. The third kappa shape index (κ3) is 9.68. The molecule has 4 rings (SSSR count). The number of pyridine rings is 1. The molecule has 38 heavy (non-hydrogen) atoms. The van der Waals surface area contributed by atoms with E-state index in [1.807, 2.05) is 18.2 Å². The fourth-order valence-electron chi connectivity index (χ4n) is 7.34. The Labute approximate surface area is 251 Å². The summed E-state index contributed by atoms with van der Waals surface area (Å²) in [5.74, 6) is 6.29. The average molecular weight is 658 g/mol. The van der Waals surface area contributed by atoms with E-state index in [2.05, 4.69) is 89.2 Å². The van der Waals surface area contributed by atoms with Gasteiger partial charge in [0.05, 0.1) is 0 Å². The van der Waals surface area contributed by atoms with Crippen LogP contribution in [0.1, 0.15) is 93.9 Å². The van der Waals surface area contributed by atoms with Crippen LogP contribution in [-0.4, -0.2) is 26.9 Å². The van der Waals surface area contributed by atoms with Crippen LogP contribution in [0.15, 0.2) is 43.0 Å². The molecule has 0 radical (unpaired) electrons. The van der Waals surface area contributed by atoms with Gasteiger partial charge >= 0.3 is 35.0 Å². The quantitative estimate of drug-likeness (QED) is 0.224. The molecule has 2 saturated carbocycles. The molecular weight excluding hydrogens is 604 g/mol. The molecule has 0 N–H and O–H groups in total. The molecule has 2 aliphatic carbocycles. The Hall–Kier alpha value is -0.268. The van der Waals surface area contributed by atoms with Crippen LogP contribution in [0.4, 0.5) is 0 Å². The number of rotatable bonds is 6.